The van der Waals surface area contributed by atoms with E-state index >= 15 is 4.39 Å². The lowest BCUT2D eigenvalue weighted by Crippen LogP contribution is -2.09. The molecule has 3 heterocycles. The number of pyridine rings is 2. The molecule has 0 spiro atoms. The number of nitrogens with zero attached hydrogens (tertiary/aromatic N) is 4. The second-order valence-electron chi connectivity index (χ2n) is 8.12. The zero-order valence-electron chi connectivity index (χ0n) is 18.2. The lowest BCUT2D eigenvalue weighted by molar-refractivity contribution is 0.640. The summed E-state index contributed by atoms with van der Waals surface area (Å²) >= 11 is 0. The molecule has 158 valence electrons. The monoisotopic (exact) mass is 422 g/mol. The van der Waals surface area contributed by atoms with Crippen molar-refractivity contribution in [3.63, 3.8) is 0 Å². The van der Waals surface area contributed by atoms with Gasteiger partial charge < -0.3 is 4.57 Å². The third kappa shape index (κ3) is 3.46. The number of hydrogen-bond donors (Lipinski definition) is 0. The molecule has 0 N–H and O–H groups in total. The van der Waals surface area contributed by atoms with Crippen LogP contribution >= 0.6 is 0 Å². The maximum Gasteiger partial charge on any atom is 0.142 e. The Bertz CT molecular complexity index is 1420. The number of imidazole rings is 1. The molecule has 0 fully saturated rings. The summed E-state index contributed by atoms with van der Waals surface area (Å²) in [5, 5.41) is 0.518. The molecule has 2 aromatic carbocycles. The van der Waals surface area contributed by atoms with Gasteiger partial charge >= 0.3 is 0 Å². The summed E-state index contributed by atoms with van der Waals surface area (Å²) in [6.45, 7) is 3.83. The van der Waals surface area contributed by atoms with E-state index in [0.29, 0.717) is 22.2 Å². The molecule has 32 heavy (non-hydrogen) atoms. The van der Waals surface area contributed by atoms with Crippen molar-refractivity contribution < 1.29 is 4.39 Å². The van der Waals surface area contributed by atoms with E-state index in [0.717, 1.165) is 28.1 Å². The molecule has 0 aliphatic carbocycles. The first-order valence-corrected chi connectivity index (χ1v) is 10.6. The number of fused-ring (bicyclic) bond motifs is 1. The van der Waals surface area contributed by atoms with E-state index in [9.17, 15) is 0 Å². The maximum absolute atomic E-state index is 15.9. The lowest BCUT2D eigenvalue weighted by Gasteiger charge is -2.20. The van der Waals surface area contributed by atoms with Gasteiger partial charge in [-0.3, -0.25) is 9.97 Å². The van der Waals surface area contributed by atoms with Gasteiger partial charge in [0.25, 0.3) is 0 Å². The molecule has 4 nitrogen and oxygen atoms in total. The highest BCUT2D eigenvalue weighted by molar-refractivity contribution is 5.86. The number of halogens is 1. The van der Waals surface area contributed by atoms with Gasteiger partial charge in [0.1, 0.15) is 5.82 Å². The Kier molecular flexibility index (Phi) is 5.02. The molecular formula is C27H23FN4. The standard InChI is InChI=1S/C27H23FN4/c1-17-13-21(11-12-30-17)26(24-15-29-16-32(24)3)20-9-10-23-22(14-20)27(28)25(18(2)31-23)19-7-5-4-6-8-19/h4-16,26H,1-3H3. The van der Waals surface area contributed by atoms with Gasteiger partial charge in [-0.1, -0.05) is 36.4 Å². The molecule has 0 aliphatic rings. The minimum Gasteiger partial charge on any atom is -0.337 e. The fraction of sp³-hybridized carbons (Fsp3) is 0.148. The van der Waals surface area contributed by atoms with Crippen LogP contribution in [0.5, 0.6) is 0 Å². The van der Waals surface area contributed by atoms with Crippen molar-refractivity contribution in [2.75, 3.05) is 0 Å². The summed E-state index contributed by atoms with van der Waals surface area (Å²) in [5.41, 5.74) is 6.74. The number of hydrogen-bond acceptors (Lipinski definition) is 3. The number of rotatable bonds is 4. The molecule has 0 saturated heterocycles. The van der Waals surface area contributed by atoms with Gasteiger partial charge in [-0.25, -0.2) is 9.37 Å². The van der Waals surface area contributed by atoms with Crippen molar-refractivity contribution in [3.05, 3.63) is 113 Å². The highest BCUT2D eigenvalue weighted by Crippen LogP contribution is 2.36. The second-order valence-corrected chi connectivity index (χ2v) is 8.12. The van der Waals surface area contributed by atoms with Crippen molar-refractivity contribution in [2.24, 2.45) is 7.05 Å². The SMILES string of the molecule is Cc1cc(C(c2ccc3nc(C)c(-c4ccccc4)c(F)c3c2)c2cncn2C)ccn1. The Morgan fingerprint density at radius 1 is 0.938 bits per heavy atom. The van der Waals surface area contributed by atoms with Crippen LogP contribution in [0.2, 0.25) is 0 Å². The van der Waals surface area contributed by atoms with Crippen molar-refractivity contribution in [3.8, 4) is 11.1 Å². The smallest absolute Gasteiger partial charge is 0.142 e. The first-order chi connectivity index (χ1) is 15.5. The number of aromatic nitrogens is 4. The van der Waals surface area contributed by atoms with Crippen molar-refractivity contribution in [2.45, 2.75) is 19.8 Å². The first kappa shape index (κ1) is 20.1. The minimum absolute atomic E-state index is 0.102. The highest BCUT2D eigenvalue weighted by atomic mass is 19.1. The summed E-state index contributed by atoms with van der Waals surface area (Å²) < 4.78 is 17.9. The summed E-state index contributed by atoms with van der Waals surface area (Å²) in [4.78, 5) is 13.4. The average molecular weight is 423 g/mol. The van der Waals surface area contributed by atoms with Gasteiger partial charge in [-0.15, -0.1) is 0 Å². The van der Waals surface area contributed by atoms with E-state index in [2.05, 4.69) is 16.0 Å². The van der Waals surface area contributed by atoms with E-state index < -0.39 is 0 Å². The summed E-state index contributed by atoms with van der Waals surface area (Å²) in [7, 11) is 1.98. The minimum atomic E-state index is -0.241. The van der Waals surface area contributed by atoms with Crippen LogP contribution in [0.4, 0.5) is 4.39 Å². The predicted molar refractivity (Wildman–Crippen MR) is 125 cm³/mol. The third-order valence-electron chi connectivity index (χ3n) is 5.93. The fourth-order valence-electron chi connectivity index (χ4n) is 4.40. The predicted octanol–water partition coefficient (Wildman–Crippen LogP) is 5.97. The van der Waals surface area contributed by atoms with Gasteiger partial charge in [-0.2, -0.15) is 0 Å². The van der Waals surface area contributed by atoms with Crippen molar-refractivity contribution in [1.29, 1.82) is 0 Å². The van der Waals surface area contributed by atoms with Crippen LogP contribution in [0.1, 0.15) is 34.1 Å². The molecule has 5 aromatic rings. The van der Waals surface area contributed by atoms with Crippen LogP contribution in [-0.4, -0.2) is 19.5 Å². The van der Waals surface area contributed by atoms with E-state index in [4.69, 9.17) is 4.98 Å². The normalized spacial score (nSPS) is 12.2. The molecule has 1 atom stereocenters. The second kappa shape index (κ2) is 8.00. The van der Waals surface area contributed by atoms with Crippen LogP contribution in [0, 0.1) is 19.7 Å². The molecular weight excluding hydrogens is 399 g/mol. The van der Waals surface area contributed by atoms with E-state index in [1.807, 2.05) is 92.5 Å². The molecule has 5 heteroatoms. The Morgan fingerprint density at radius 3 is 2.44 bits per heavy atom. The molecule has 0 saturated carbocycles. The molecule has 1 unspecified atom stereocenters. The summed E-state index contributed by atoms with van der Waals surface area (Å²) in [6, 6.07) is 19.5. The molecule has 0 amide bonds. The highest BCUT2D eigenvalue weighted by Gasteiger charge is 2.22. The topological polar surface area (TPSA) is 43.6 Å². The lowest BCUT2D eigenvalue weighted by atomic mass is 9.87. The van der Waals surface area contributed by atoms with E-state index in [-0.39, 0.29) is 11.7 Å². The third-order valence-corrected chi connectivity index (χ3v) is 5.93. The quantitative estimate of drug-likeness (QED) is 0.359. The maximum atomic E-state index is 15.9. The van der Waals surface area contributed by atoms with E-state index in [1.165, 1.54) is 0 Å². The zero-order chi connectivity index (χ0) is 22.2. The van der Waals surface area contributed by atoms with Crippen molar-refractivity contribution in [1.82, 2.24) is 19.5 Å². The summed E-state index contributed by atoms with van der Waals surface area (Å²) in [6.07, 6.45) is 5.47. The number of aryl methyl sites for hydroxylation is 3. The van der Waals surface area contributed by atoms with Crippen LogP contribution in [0.25, 0.3) is 22.0 Å². The molecule has 3 aromatic heterocycles. The number of benzene rings is 2. The molecule has 5 rings (SSSR count). The fourth-order valence-corrected chi connectivity index (χ4v) is 4.40. The zero-order valence-corrected chi connectivity index (χ0v) is 18.2. The van der Waals surface area contributed by atoms with Gasteiger partial charge in [-0.05, 0) is 54.8 Å². The molecule has 0 bridgehead atoms. The Hall–Kier alpha value is -3.86. The van der Waals surface area contributed by atoms with Gasteiger partial charge in [0.05, 0.1) is 17.8 Å². The van der Waals surface area contributed by atoms with Crippen LogP contribution < -0.4 is 0 Å². The van der Waals surface area contributed by atoms with E-state index in [1.54, 1.807) is 6.33 Å². The molecule has 0 aliphatic heterocycles. The average Bonchev–Trinajstić information content (AvgIpc) is 3.20. The van der Waals surface area contributed by atoms with Crippen molar-refractivity contribution >= 4 is 10.9 Å². The van der Waals surface area contributed by atoms with Crippen LogP contribution in [0.15, 0.2) is 79.4 Å². The van der Waals surface area contributed by atoms with Gasteiger partial charge in [0.15, 0.2) is 0 Å². The Morgan fingerprint density at radius 2 is 1.72 bits per heavy atom. The van der Waals surface area contributed by atoms with Crippen LogP contribution in [-0.2, 0) is 7.05 Å². The summed E-state index contributed by atoms with van der Waals surface area (Å²) in [5.74, 6) is -0.343. The first-order valence-electron chi connectivity index (χ1n) is 10.6. The van der Waals surface area contributed by atoms with Crippen LogP contribution in [0.3, 0.4) is 0 Å². The Labute approximate surface area is 186 Å². The Balaban J connectivity index is 1.74. The van der Waals surface area contributed by atoms with Gasteiger partial charge in [0.2, 0.25) is 0 Å². The largest absolute Gasteiger partial charge is 0.337 e. The van der Waals surface area contributed by atoms with Gasteiger partial charge in [0, 0.05) is 47.5 Å². The molecule has 0 radical (unpaired) electrons.